The maximum atomic E-state index is 15.0. The Morgan fingerprint density at radius 2 is 1.95 bits per heavy atom. The molecular weight excluding hydrogens is 559 g/mol. The maximum absolute atomic E-state index is 15.0. The Balaban J connectivity index is 1.87. The molecule has 1 fully saturated rings. The molecule has 2 amide bonds. The molecule has 1 aliphatic rings. The van der Waals surface area contributed by atoms with Crippen molar-refractivity contribution in [2.45, 2.75) is 58.1 Å². The van der Waals surface area contributed by atoms with Crippen LogP contribution < -0.4 is 10.6 Å². The van der Waals surface area contributed by atoms with Gasteiger partial charge in [0.25, 0.3) is 0 Å². The number of ether oxygens (including phenoxy) is 2. The molecule has 4 unspecified atom stereocenters. The van der Waals surface area contributed by atoms with Crippen LogP contribution >= 0.6 is 0 Å². The molecule has 8 nitrogen and oxygen atoms in total. The second kappa shape index (κ2) is 14.4. The number of benzene rings is 2. The number of imidazole rings is 1. The number of hydrogen-bond donors (Lipinski definition) is 2. The third kappa shape index (κ3) is 7.95. The van der Waals surface area contributed by atoms with Gasteiger partial charge in [-0.1, -0.05) is 30.3 Å². The number of rotatable bonds is 13. The highest BCUT2D eigenvalue weighted by atomic mass is 19.1. The molecule has 4 atom stereocenters. The zero-order valence-corrected chi connectivity index (χ0v) is 25.4. The summed E-state index contributed by atoms with van der Waals surface area (Å²) in [6.45, 7) is 9.16. The molecule has 0 aliphatic carbocycles. The normalized spacial score (nSPS) is 18.4. The lowest BCUT2D eigenvalue weighted by Crippen LogP contribution is -2.54. The molecule has 1 saturated heterocycles. The van der Waals surface area contributed by atoms with Crippen molar-refractivity contribution in [2.24, 2.45) is 5.92 Å². The van der Waals surface area contributed by atoms with Crippen molar-refractivity contribution in [3.05, 3.63) is 77.8 Å². The van der Waals surface area contributed by atoms with Gasteiger partial charge in [-0.3, -0.25) is 0 Å². The summed E-state index contributed by atoms with van der Waals surface area (Å²) >= 11 is 0. The molecule has 0 radical (unpaired) electrons. The van der Waals surface area contributed by atoms with Gasteiger partial charge in [-0.25, -0.2) is 22.9 Å². The Hall–Kier alpha value is -3.41. The molecule has 3 aromatic rings. The summed E-state index contributed by atoms with van der Waals surface area (Å²) in [5.74, 6) is -1.31. The average Bonchev–Trinajstić information content (AvgIpc) is 3.58. The highest BCUT2D eigenvalue weighted by Gasteiger charge is 2.44. The van der Waals surface area contributed by atoms with Crippen molar-refractivity contribution >= 4 is 6.03 Å². The molecule has 234 valence electrons. The van der Waals surface area contributed by atoms with Gasteiger partial charge in [0, 0.05) is 57.6 Å². The van der Waals surface area contributed by atoms with Crippen molar-refractivity contribution in [1.29, 1.82) is 0 Å². The molecule has 4 rings (SSSR count). The van der Waals surface area contributed by atoms with Crippen LogP contribution in [-0.4, -0.2) is 78.3 Å². The van der Waals surface area contributed by atoms with Crippen LogP contribution in [0.5, 0.6) is 0 Å². The second-order valence-electron chi connectivity index (χ2n) is 11.5. The van der Waals surface area contributed by atoms with E-state index in [4.69, 9.17) is 14.5 Å². The van der Waals surface area contributed by atoms with E-state index >= 15 is 0 Å². The van der Waals surface area contributed by atoms with Crippen molar-refractivity contribution < 1.29 is 27.4 Å². The first-order valence-electron chi connectivity index (χ1n) is 14.6. The summed E-state index contributed by atoms with van der Waals surface area (Å²) in [7, 11) is 1.54. The molecule has 43 heavy (non-hydrogen) atoms. The monoisotopic (exact) mass is 601 g/mol. The van der Waals surface area contributed by atoms with Gasteiger partial charge in [0.1, 0.15) is 29.7 Å². The summed E-state index contributed by atoms with van der Waals surface area (Å²) in [6.07, 6.45) is 0.505. The first kappa shape index (κ1) is 32.5. The molecule has 2 aromatic carbocycles. The number of alkyl halides is 1. The van der Waals surface area contributed by atoms with Crippen molar-refractivity contribution in [3.63, 3.8) is 0 Å². The molecule has 2 N–H and O–H groups in total. The van der Waals surface area contributed by atoms with Crippen molar-refractivity contribution in [3.8, 4) is 11.3 Å². The topological polar surface area (TPSA) is 80.7 Å². The summed E-state index contributed by atoms with van der Waals surface area (Å²) in [5, 5.41) is 6.06. The predicted octanol–water partition coefficient (Wildman–Crippen LogP) is 5.34. The fraction of sp³-hybridized carbons (Fsp3) is 0.500. The van der Waals surface area contributed by atoms with E-state index in [0.717, 1.165) is 23.8 Å². The average molecular weight is 602 g/mol. The summed E-state index contributed by atoms with van der Waals surface area (Å²) < 4.78 is 57.5. The number of nitrogens with zero attached hydrogens (tertiary/aromatic N) is 3. The van der Waals surface area contributed by atoms with Crippen molar-refractivity contribution in [1.82, 2.24) is 25.1 Å². The number of hydrogen-bond acceptors (Lipinski definition) is 5. The van der Waals surface area contributed by atoms with E-state index in [1.54, 1.807) is 11.1 Å². The van der Waals surface area contributed by atoms with Crippen LogP contribution in [0.2, 0.25) is 0 Å². The second-order valence-corrected chi connectivity index (χ2v) is 11.5. The van der Waals surface area contributed by atoms with Gasteiger partial charge in [0.15, 0.2) is 0 Å². The van der Waals surface area contributed by atoms with Gasteiger partial charge >= 0.3 is 6.03 Å². The SMILES string of the molecule is CCOCC(C)NC(=O)N(CC1CNCC1F)C(c1nc(-c2cc(F)ccc2F)cn1Cc1ccccc1)C(C)(C)OC. The van der Waals surface area contributed by atoms with Crippen LogP contribution in [0.15, 0.2) is 54.7 Å². The van der Waals surface area contributed by atoms with Gasteiger partial charge in [-0.2, -0.15) is 0 Å². The minimum absolute atomic E-state index is 0.00723. The molecular formula is C32H42F3N5O3. The maximum Gasteiger partial charge on any atom is 0.318 e. The summed E-state index contributed by atoms with van der Waals surface area (Å²) in [4.78, 5) is 20.4. The highest BCUT2D eigenvalue weighted by molar-refractivity contribution is 5.75. The lowest BCUT2D eigenvalue weighted by atomic mass is 9.94. The minimum Gasteiger partial charge on any atom is -0.380 e. The van der Waals surface area contributed by atoms with E-state index in [1.165, 1.54) is 7.11 Å². The predicted molar refractivity (Wildman–Crippen MR) is 159 cm³/mol. The fourth-order valence-electron chi connectivity index (χ4n) is 5.38. The largest absolute Gasteiger partial charge is 0.380 e. The fourth-order valence-corrected chi connectivity index (χ4v) is 5.38. The van der Waals surface area contributed by atoms with Gasteiger partial charge in [-0.15, -0.1) is 0 Å². The zero-order valence-electron chi connectivity index (χ0n) is 25.4. The van der Waals surface area contributed by atoms with Gasteiger partial charge in [0.2, 0.25) is 0 Å². The Bertz CT molecular complexity index is 1350. The summed E-state index contributed by atoms with van der Waals surface area (Å²) in [6, 6.07) is 11.2. The number of halogens is 3. The standard InChI is InChI=1S/C32H42F3N5O3/c1-6-43-20-21(2)37-31(41)40(18-23-15-36-16-27(23)35)29(32(3,4)42-5)30-38-28(25-14-24(33)12-13-26(25)34)19-39(30)17-22-10-8-7-9-11-22/h7-14,19,21,23,27,29,36H,6,15-18,20H2,1-5H3,(H,37,41). The number of urea groups is 1. The number of carbonyl (C=O) groups is 1. The van der Waals surface area contributed by atoms with E-state index in [0.29, 0.717) is 32.1 Å². The third-order valence-corrected chi connectivity index (χ3v) is 7.84. The first-order chi connectivity index (χ1) is 20.5. The van der Waals surface area contributed by atoms with Gasteiger partial charge in [-0.05, 0) is 51.5 Å². The molecule has 1 aliphatic heterocycles. The van der Waals surface area contributed by atoms with E-state index in [1.807, 2.05) is 62.6 Å². The first-order valence-corrected chi connectivity index (χ1v) is 14.6. The Morgan fingerprint density at radius 1 is 1.21 bits per heavy atom. The van der Waals surface area contributed by atoms with E-state index < -0.39 is 41.4 Å². The zero-order chi connectivity index (χ0) is 31.1. The highest BCUT2D eigenvalue weighted by Crippen LogP contribution is 2.37. The molecule has 0 spiro atoms. The minimum atomic E-state index is -1.15. The van der Waals surface area contributed by atoms with E-state index in [2.05, 4.69) is 10.6 Å². The quantitative estimate of drug-likeness (QED) is 0.277. The molecule has 0 saturated carbocycles. The van der Waals surface area contributed by atoms with Crippen LogP contribution in [0, 0.1) is 17.6 Å². The van der Waals surface area contributed by atoms with Crippen LogP contribution in [0.3, 0.4) is 0 Å². The molecule has 2 heterocycles. The van der Waals surface area contributed by atoms with Crippen LogP contribution in [-0.2, 0) is 16.0 Å². The smallest absolute Gasteiger partial charge is 0.318 e. The number of amides is 2. The number of aromatic nitrogens is 2. The molecule has 11 heteroatoms. The van der Waals surface area contributed by atoms with E-state index in [9.17, 15) is 18.0 Å². The number of carbonyl (C=O) groups excluding carboxylic acids is 1. The third-order valence-electron chi connectivity index (χ3n) is 7.84. The summed E-state index contributed by atoms with van der Waals surface area (Å²) in [5.41, 5.74) is 0.102. The van der Waals surface area contributed by atoms with Gasteiger partial charge in [0.05, 0.1) is 23.9 Å². The Labute approximate surface area is 251 Å². The van der Waals surface area contributed by atoms with Gasteiger partial charge < -0.3 is 29.6 Å². The van der Waals surface area contributed by atoms with Crippen LogP contribution in [0.4, 0.5) is 18.0 Å². The Morgan fingerprint density at radius 3 is 2.60 bits per heavy atom. The number of methoxy groups -OCH3 is 1. The van der Waals surface area contributed by atoms with E-state index in [-0.39, 0.29) is 30.4 Å². The van der Waals surface area contributed by atoms with Crippen LogP contribution in [0.1, 0.15) is 45.1 Å². The van der Waals surface area contributed by atoms with Crippen LogP contribution in [0.25, 0.3) is 11.3 Å². The molecule has 1 aromatic heterocycles. The Kier molecular flexibility index (Phi) is 10.9. The number of nitrogens with one attached hydrogen (secondary N) is 2. The molecule has 0 bridgehead atoms. The van der Waals surface area contributed by atoms with Crippen molar-refractivity contribution in [2.75, 3.05) is 40.0 Å². The lowest BCUT2D eigenvalue weighted by molar-refractivity contribution is -0.0512. The lowest BCUT2D eigenvalue weighted by Gasteiger charge is -2.42.